The molecule has 0 aromatic heterocycles. The van der Waals surface area contributed by atoms with Gasteiger partial charge >= 0.3 is 0 Å². The maximum Gasteiger partial charge on any atom is 0.168 e. The summed E-state index contributed by atoms with van der Waals surface area (Å²) in [4.78, 5) is 0. The predicted molar refractivity (Wildman–Crippen MR) is 65.8 cm³/mol. The highest BCUT2D eigenvalue weighted by molar-refractivity contribution is 6.30. The van der Waals surface area contributed by atoms with E-state index < -0.39 is 11.6 Å². The minimum atomic E-state index is -0.770. The molecule has 0 spiro atoms. The van der Waals surface area contributed by atoms with E-state index in [0.29, 0.717) is 16.3 Å². The molecule has 2 aromatic rings. The highest BCUT2D eigenvalue weighted by Crippen LogP contribution is 2.29. The van der Waals surface area contributed by atoms with Gasteiger partial charge in [-0.25, -0.2) is 8.78 Å². The van der Waals surface area contributed by atoms with E-state index in [0.717, 1.165) is 12.1 Å². The third kappa shape index (κ3) is 2.78. The van der Waals surface area contributed by atoms with Gasteiger partial charge in [0.2, 0.25) is 0 Å². The topological polar surface area (TPSA) is 35.2 Å². The number of nitrogens with two attached hydrogens (primary N) is 1. The van der Waals surface area contributed by atoms with E-state index in [4.69, 9.17) is 22.1 Å². The molecule has 0 bridgehead atoms. The summed E-state index contributed by atoms with van der Waals surface area (Å²) in [5, 5.41) is 0.516. The second kappa shape index (κ2) is 5.33. The van der Waals surface area contributed by atoms with Gasteiger partial charge in [0.25, 0.3) is 0 Å². The maximum atomic E-state index is 13.4. The molecule has 5 heteroatoms. The Kier molecular flexibility index (Phi) is 3.79. The van der Waals surface area contributed by atoms with Gasteiger partial charge in [0.15, 0.2) is 11.6 Å². The average Bonchev–Trinajstić information content (AvgIpc) is 2.34. The third-order valence-electron chi connectivity index (χ3n) is 2.36. The van der Waals surface area contributed by atoms with E-state index in [1.807, 2.05) is 0 Å². The summed E-state index contributed by atoms with van der Waals surface area (Å²) in [5.74, 6) is -1.09. The first-order valence-corrected chi connectivity index (χ1v) is 5.59. The lowest BCUT2D eigenvalue weighted by Gasteiger charge is -2.11. The Balaban J connectivity index is 2.33. The predicted octanol–water partition coefficient (Wildman–Crippen LogP) is 3.87. The van der Waals surface area contributed by atoms with Crippen molar-refractivity contribution in [1.29, 1.82) is 0 Å². The fourth-order valence-corrected chi connectivity index (χ4v) is 1.68. The van der Waals surface area contributed by atoms with Crippen LogP contribution in [0.2, 0.25) is 5.02 Å². The van der Waals surface area contributed by atoms with Gasteiger partial charge in [-0.15, -0.1) is 0 Å². The average molecular weight is 270 g/mol. The number of rotatable bonds is 3. The van der Waals surface area contributed by atoms with Crippen molar-refractivity contribution in [2.45, 2.75) is 6.54 Å². The Morgan fingerprint density at radius 3 is 2.44 bits per heavy atom. The van der Waals surface area contributed by atoms with E-state index in [1.54, 1.807) is 18.2 Å². The molecule has 0 fully saturated rings. The van der Waals surface area contributed by atoms with Crippen molar-refractivity contribution in [3.05, 3.63) is 58.6 Å². The summed E-state index contributed by atoms with van der Waals surface area (Å²) >= 11 is 5.82. The first kappa shape index (κ1) is 12.8. The van der Waals surface area contributed by atoms with Crippen LogP contribution >= 0.6 is 11.6 Å². The quantitative estimate of drug-likeness (QED) is 0.918. The molecule has 0 amide bonds. The summed E-state index contributed by atoms with van der Waals surface area (Å²) in [5.41, 5.74) is 6.19. The van der Waals surface area contributed by atoms with Crippen LogP contribution in [-0.2, 0) is 6.54 Å². The van der Waals surface area contributed by atoms with Gasteiger partial charge in [-0.2, -0.15) is 0 Å². The van der Waals surface area contributed by atoms with Gasteiger partial charge in [0.05, 0.1) is 0 Å². The molecule has 0 radical (unpaired) electrons. The Morgan fingerprint density at radius 1 is 1.06 bits per heavy atom. The molecule has 2 N–H and O–H groups in total. The van der Waals surface area contributed by atoms with Crippen molar-refractivity contribution >= 4 is 11.6 Å². The Labute approximate surface area is 108 Å². The monoisotopic (exact) mass is 269 g/mol. The first-order valence-electron chi connectivity index (χ1n) is 5.21. The Hall–Kier alpha value is -1.65. The molecule has 0 aliphatic rings. The van der Waals surface area contributed by atoms with Gasteiger partial charge in [-0.1, -0.05) is 11.6 Å². The van der Waals surface area contributed by atoms with E-state index in [2.05, 4.69) is 0 Å². The first-order chi connectivity index (χ1) is 8.60. The van der Waals surface area contributed by atoms with E-state index in [9.17, 15) is 8.78 Å². The highest BCUT2D eigenvalue weighted by Gasteiger charge is 2.09. The SMILES string of the molecule is NCc1cc(Cl)ccc1Oc1ccc(F)cc1F. The van der Waals surface area contributed by atoms with Gasteiger partial charge in [0, 0.05) is 23.2 Å². The van der Waals surface area contributed by atoms with Gasteiger partial charge in [-0.05, 0) is 30.3 Å². The Bertz CT molecular complexity index is 575. The van der Waals surface area contributed by atoms with Crippen LogP contribution < -0.4 is 10.5 Å². The molecule has 0 heterocycles. The fourth-order valence-electron chi connectivity index (χ4n) is 1.48. The van der Waals surface area contributed by atoms with Crippen molar-refractivity contribution < 1.29 is 13.5 Å². The summed E-state index contributed by atoms with van der Waals surface area (Å²) in [6.07, 6.45) is 0. The number of hydrogen-bond donors (Lipinski definition) is 1. The van der Waals surface area contributed by atoms with Crippen LogP contribution in [-0.4, -0.2) is 0 Å². The zero-order valence-corrected chi connectivity index (χ0v) is 10.0. The van der Waals surface area contributed by atoms with Crippen LogP contribution in [0.15, 0.2) is 36.4 Å². The van der Waals surface area contributed by atoms with Crippen LogP contribution in [0.3, 0.4) is 0 Å². The molecule has 2 aromatic carbocycles. The van der Waals surface area contributed by atoms with E-state index >= 15 is 0 Å². The zero-order valence-electron chi connectivity index (χ0n) is 9.29. The van der Waals surface area contributed by atoms with Gasteiger partial charge in [0.1, 0.15) is 11.6 Å². The molecular weight excluding hydrogens is 260 g/mol. The van der Waals surface area contributed by atoms with E-state index in [1.165, 1.54) is 6.07 Å². The van der Waals surface area contributed by atoms with E-state index in [-0.39, 0.29) is 12.3 Å². The molecule has 0 aliphatic carbocycles. The molecular formula is C13H10ClF2NO. The van der Waals surface area contributed by atoms with Crippen molar-refractivity contribution in [3.63, 3.8) is 0 Å². The fraction of sp³-hybridized carbons (Fsp3) is 0.0769. The molecule has 0 saturated heterocycles. The maximum absolute atomic E-state index is 13.4. The molecule has 0 saturated carbocycles. The van der Waals surface area contributed by atoms with Crippen LogP contribution in [0.4, 0.5) is 8.78 Å². The normalized spacial score (nSPS) is 10.4. The second-order valence-electron chi connectivity index (χ2n) is 3.63. The largest absolute Gasteiger partial charge is 0.454 e. The minimum absolute atomic E-state index is 0.0616. The van der Waals surface area contributed by atoms with Crippen LogP contribution in [0, 0.1) is 11.6 Å². The molecule has 18 heavy (non-hydrogen) atoms. The number of benzene rings is 2. The lowest BCUT2D eigenvalue weighted by molar-refractivity contribution is 0.433. The minimum Gasteiger partial charge on any atom is -0.454 e. The van der Waals surface area contributed by atoms with Crippen molar-refractivity contribution in [3.8, 4) is 11.5 Å². The standard InChI is InChI=1S/C13H10ClF2NO/c14-9-1-3-12(8(5-9)7-17)18-13-4-2-10(15)6-11(13)16/h1-6H,7,17H2. The summed E-state index contributed by atoms with van der Waals surface area (Å²) in [7, 11) is 0. The van der Waals surface area contributed by atoms with Crippen LogP contribution in [0.5, 0.6) is 11.5 Å². The summed E-state index contributed by atoms with van der Waals surface area (Å²) in [6.45, 7) is 0.207. The summed E-state index contributed by atoms with van der Waals surface area (Å²) in [6, 6.07) is 7.94. The van der Waals surface area contributed by atoms with Gasteiger partial charge in [-0.3, -0.25) is 0 Å². The lowest BCUT2D eigenvalue weighted by atomic mass is 10.2. The molecule has 0 atom stereocenters. The second-order valence-corrected chi connectivity index (χ2v) is 4.07. The molecule has 2 nitrogen and oxygen atoms in total. The summed E-state index contributed by atoms with van der Waals surface area (Å²) < 4.78 is 31.5. The van der Waals surface area contributed by atoms with Crippen molar-refractivity contribution in [2.75, 3.05) is 0 Å². The Morgan fingerprint density at radius 2 is 1.78 bits per heavy atom. The zero-order chi connectivity index (χ0) is 13.1. The lowest BCUT2D eigenvalue weighted by Crippen LogP contribution is -2.00. The molecule has 94 valence electrons. The number of ether oxygens (including phenoxy) is 1. The van der Waals surface area contributed by atoms with Crippen molar-refractivity contribution in [1.82, 2.24) is 0 Å². The number of halogens is 3. The van der Waals surface area contributed by atoms with Crippen LogP contribution in [0.1, 0.15) is 5.56 Å². The van der Waals surface area contributed by atoms with Gasteiger partial charge < -0.3 is 10.5 Å². The highest BCUT2D eigenvalue weighted by atomic mass is 35.5. The van der Waals surface area contributed by atoms with Crippen LogP contribution in [0.25, 0.3) is 0 Å². The smallest absolute Gasteiger partial charge is 0.168 e. The number of hydrogen-bond acceptors (Lipinski definition) is 2. The van der Waals surface area contributed by atoms with Crippen molar-refractivity contribution in [2.24, 2.45) is 5.73 Å². The molecule has 0 aliphatic heterocycles. The molecule has 2 rings (SSSR count). The molecule has 0 unspecified atom stereocenters. The third-order valence-corrected chi connectivity index (χ3v) is 2.59.